The average molecular weight is 237 g/mol. The molecule has 1 atom stereocenters. The summed E-state index contributed by atoms with van der Waals surface area (Å²) < 4.78 is 4.98. The van der Waals surface area contributed by atoms with E-state index in [9.17, 15) is 4.79 Å². The molecule has 4 N–H and O–H groups in total. The van der Waals surface area contributed by atoms with Gasteiger partial charge in [0.1, 0.15) is 11.3 Å². The van der Waals surface area contributed by atoms with Gasteiger partial charge in [-0.05, 0) is 31.0 Å². The van der Waals surface area contributed by atoms with Crippen LogP contribution in [0.15, 0.2) is 18.2 Å². The third kappa shape index (κ3) is 3.47. The van der Waals surface area contributed by atoms with E-state index in [0.717, 1.165) is 11.1 Å². The van der Waals surface area contributed by atoms with Crippen LogP contribution in [0.5, 0.6) is 5.75 Å². The summed E-state index contributed by atoms with van der Waals surface area (Å²) in [5.41, 5.74) is 6.03. The van der Waals surface area contributed by atoms with Crippen LogP contribution in [-0.4, -0.2) is 29.3 Å². The average Bonchev–Trinajstić information content (AvgIpc) is 2.21. The van der Waals surface area contributed by atoms with Gasteiger partial charge in [0.2, 0.25) is 0 Å². The quantitative estimate of drug-likeness (QED) is 0.625. The minimum absolute atomic E-state index is 0.239. The number of carbonyl (C=O) groups is 1. The molecule has 0 fully saturated rings. The van der Waals surface area contributed by atoms with Crippen molar-refractivity contribution in [1.82, 2.24) is 0 Å². The van der Waals surface area contributed by atoms with Crippen molar-refractivity contribution in [3.63, 3.8) is 0 Å². The van der Waals surface area contributed by atoms with Crippen LogP contribution in [0.4, 0.5) is 0 Å². The highest BCUT2D eigenvalue weighted by Crippen LogP contribution is 2.21. The summed E-state index contributed by atoms with van der Waals surface area (Å²) in [6.07, 6.45) is 0.239. The van der Waals surface area contributed by atoms with Crippen molar-refractivity contribution in [1.29, 1.82) is 0 Å². The number of aryl methyl sites for hydroxylation is 1. The Labute approximate surface area is 101 Å². The molecule has 0 radical (unpaired) electrons. The number of hydrogen-bond acceptors (Lipinski definition) is 4. The number of carboxylic acid groups (broad SMARTS) is 1. The molecule has 17 heavy (non-hydrogen) atoms. The lowest BCUT2D eigenvalue weighted by Gasteiger charge is -2.19. The minimum atomic E-state index is -1.29. The summed E-state index contributed by atoms with van der Waals surface area (Å²) in [6, 6.07) is 5.24. The van der Waals surface area contributed by atoms with Gasteiger partial charge in [0.05, 0.1) is 0 Å². The third-order valence-corrected chi connectivity index (χ3v) is 2.52. The SMILES string of the molecule is Cc1cc(C[C@@](C)(N)C(=O)O)ccc1OBO. The van der Waals surface area contributed by atoms with Crippen LogP contribution in [0.2, 0.25) is 0 Å². The van der Waals surface area contributed by atoms with E-state index in [1.165, 1.54) is 6.92 Å². The van der Waals surface area contributed by atoms with Gasteiger partial charge in [0.25, 0.3) is 0 Å². The van der Waals surface area contributed by atoms with Crippen LogP contribution in [-0.2, 0) is 11.2 Å². The maximum Gasteiger partial charge on any atom is 0.504 e. The maximum absolute atomic E-state index is 10.9. The van der Waals surface area contributed by atoms with Crippen molar-refractivity contribution in [3.8, 4) is 5.75 Å². The Morgan fingerprint density at radius 2 is 2.24 bits per heavy atom. The monoisotopic (exact) mass is 237 g/mol. The Kier molecular flexibility index (Phi) is 4.14. The fourth-order valence-corrected chi connectivity index (χ4v) is 1.55. The summed E-state index contributed by atoms with van der Waals surface area (Å²) in [4.78, 5) is 10.9. The Bertz CT molecular complexity index is 420. The maximum atomic E-state index is 10.9. The summed E-state index contributed by atoms with van der Waals surface area (Å²) in [7, 11) is -0.385. The molecule has 1 aromatic carbocycles. The van der Waals surface area contributed by atoms with E-state index in [1.54, 1.807) is 18.2 Å². The first kappa shape index (κ1) is 13.5. The number of rotatable bonds is 5. The van der Waals surface area contributed by atoms with Crippen molar-refractivity contribution in [2.24, 2.45) is 5.73 Å². The van der Waals surface area contributed by atoms with E-state index in [4.69, 9.17) is 20.5 Å². The van der Waals surface area contributed by atoms with Gasteiger partial charge in [-0.15, -0.1) is 0 Å². The topological polar surface area (TPSA) is 92.8 Å². The molecule has 92 valence electrons. The van der Waals surface area contributed by atoms with E-state index < -0.39 is 11.5 Å². The molecule has 0 bridgehead atoms. The zero-order valence-electron chi connectivity index (χ0n) is 9.93. The lowest BCUT2D eigenvalue weighted by atomic mass is 9.93. The highest BCUT2D eigenvalue weighted by molar-refractivity contribution is 6.17. The molecule has 0 spiro atoms. The predicted octanol–water partition coefficient (Wildman–Crippen LogP) is -0.0229. The highest BCUT2D eigenvalue weighted by Gasteiger charge is 2.28. The first-order valence-corrected chi connectivity index (χ1v) is 5.22. The Hall–Kier alpha value is -1.53. The largest absolute Gasteiger partial charge is 0.539 e. The zero-order chi connectivity index (χ0) is 13.1. The lowest BCUT2D eigenvalue weighted by Crippen LogP contribution is -2.46. The van der Waals surface area contributed by atoms with E-state index >= 15 is 0 Å². The molecule has 1 rings (SSSR count). The molecule has 1 aromatic rings. The van der Waals surface area contributed by atoms with Crippen LogP contribution in [0.1, 0.15) is 18.1 Å². The zero-order valence-corrected chi connectivity index (χ0v) is 9.93. The van der Waals surface area contributed by atoms with Crippen molar-refractivity contribution in [2.45, 2.75) is 25.8 Å². The van der Waals surface area contributed by atoms with Gasteiger partial charge in [0, 0.05) is 6.42 Å². The predicted molar refractivity (Wildman–Crippen MR) is 65.1 cm³/mol. The molecular weight excluding hydrogens is 221 g/mol. The number of carboxylic acids is 1. The molecule has 0 amide bonds. The summed E-state index contributed by atoms with van der Waals surface area (Å²) in [5.74, 6) is -0.462. The molecule has 0 aliphatic heterocycles. The Balaban J connectivity index is 2.87. The second-order valence-corrected chi connectivity index (χ2v) is 4.27. The van der Waals surface area contributed by atoms with Crippen LogP contribution >= 0.6 is 0 Å². The van der Waals surface area contributed by atoms with Gasteiger partial charge >= 0.3 is 13.7 Å². The van der Waals surface area contributed by atoms with Crippen LogP contribution in [0.3, 0.4) is 0 Å². The smallest absolute Gasteiger partial charge is 0.504 e. The fraction of sp³-hybridized carbons (Fsp3) is 0.364. The van der Waals surface area contributed by atoms with Crippen LogP contribution in [0, 0.1) is 6.92 Å². The fourth-order valence-electron chi connectivity index (χ4n) is 1.55. The molecule has 0 aromatic heterocycles. The van der Waals surface area contributed by atoms with E-state index in [2.05, 4.69) is 0 Å². The Morgan fingerprint density at radius 3 is 2.71 bits per heavy atom. The van der Waals surface area contributed by atoms with Crippen molar-refractivity contribution in [2.75, 3.05) is 0 Å². The van der Waals surface area contributed by atoms with Crippen LogP contribution in [0.25, 0.3) is 0 Å². The van der Waals surface area contributed by atoms with E-state index in [0.29, 0.717) is 5.75 Å². The van der Waals surface area contributed by atoms with Gasteiger partial charge < -0.3 is 20.5 Å². The summed E-state index contributed by atoms with van der Waals surface area (Å²) in [5, 5.41) is 17.6. The molecule has 0 aliphatic carbocycles. The number of aliphatic carboxylic acids is 1. The highest BCUT2D eigenvalue weighted by atomic mass is 16.5. The van der Waals surface area contributed by atoms with Gasteiger partial charge in [-0.2, -0.15) is 0 Å². The number of benzene rings is 1. The number of hydrogen-bond donors (Lipinski definition) is 3. The standard InChI is InChI=1S/C11H16BNO4/c1-7-5-8(3-4-9(7)17-12-16)6-11(2,13)10(14)15/h3-5,12,16H,6,13H2,1-2H3,(H,14,15)/t11-/m1/s1. The van der Waals surface area contributed by atoms with Crippen LogP contribution < -0.4 is 10.4 Å². The molecule has 0 saturated heterocycles. The van der Waals surface area contributed by atoms with E-state index in [-0.39, 0.29) is 14.1 Å². The molecule has 0 unspecified atom stereocenters. The molecule has 6 heteroatoms. The second kappa shape index (κ2) is 5.20. The van der Waals surface area contributed by atoms with Gasteiger partial charge in [-0.1, -0.05) is 12.1 Å². The first-order valence-electron chi connectivity index (χ1n) is 5.22. The summed E-state index contributed by atoms with van der Waals surface area (Å²) in [6.45, 7) is 3.30. The van der Waals surface area contributed by atoms with Gasteiger partial charge in [-0.3, -0.25) is 4.79 Å². The minimum Gasteiger partial charge on any atom is -0.539 e. The molecule has 0 aliphatic rings. The van der Waals surface area contributed by atoms with E-state index in [1.807, 2.05) is 6.92 Å². The molecule has 0 heterocycles. The van der Waals surface area contributed by atoms with Gasteiger partial charge in [-0.25, -0.2) is 0 Å². The molecule has 0 saturated carbocycles. The molecule has 5 nitrogen and oxygen atoms in total. The summed E-state index contributed by atoms with van der Waals surface area (Å²) >= 11 is 0. The van der Waals surface area contributed by atoms with Crippen molar-refractivity contribution in [3.05, 3.63) is 29.3 Å². The second-order valence-electron chi connectivity index (χ2n) is 4.27. The van der Waals surface area contributed by atoms with Crippen molar-refractivity contribution >= 4 is 13.7 Å². The lowest BCUT2D eigenvalue weighted by molar-refractivity contribution is -0.142. The Morgan fingerprint density at radius 1 is 1.59 bits per heavy atom. The first-order chi connectivity index (χ1) is 7.86. The van der Waals surface area contributed by atoms with Crippen molar-refractivity contribution < 1.29 is 19.6 Å². The van der Waals surface area contributed by atoms with Gasteiger partial charge in [0.15, 0.2) is 0 Å². The normalized spacial score (nSPS) is 13.9. The number of nitrogens with two attached hydrogens (primary N) is 1. The third-order valence-electron chi connectivity index (χ3n) is 2.52. The molecular formula is C11H16BNO4.